The molecule has 0 aromatic heterocycles. The number of aliphatic hydroxyl groups excluding tert-OH is 1. The molecule has 1 aliphatic carbocycles. The van der Waals surface area contributed by atoms with Gasteiger partial charge < -0.3 is 5.11 Å². The lowest BCUT2D eigenvalue weighted by atomic mass is 10.3. The third-order valence-corrected chi connectivity index (χ3v) is 3.82. The number of thioether (sulfide) groups is 1. The van der Waals surface area contributed by atoms with Gasteiger partial charge in [0, 0.05) is 11.3 Å². The minimum Gasteiger partial charge on any atom is -0.387 e. The van der Waals surface area contributed by atoms with E-state index < -0.39 is 6.10 Å². The topological polar surface area (TPSA) is 37.3 Å². The quantitative estimate of drug-likeness (QED) is 0.863. The Kier molecular flexibility index (Phi) is 3.14. The average Bonchev–Trinajstić information content (AvgIpc) is 2.47. The molecule has 0 aliphatic heterocycles. The second kappa shape index (κ2) is 4.39. The Morgan fingerprint density at radius 1 is 1.33 bits per heavy atom. The minimum absolute atomic E-state index is 0.0821. The smallest absolute Gasteiger partial charge is 0.173 e. The van der Waals surface area contributed by atoms with Gasteiger partial charge in [-0.15, -0.1) is 0 Å². The highest BCUT2D eigenvalue weighted by molar-refractivity contribution is 8.04. The third kappa shape index (κ3) is 2.25. The highest BCUT2D eigenvalue weighted by Gasteiger charge is 2.30. The number of aliphatic hydroxyl groups is 1. The summed E-state index contributed by atoms with van der Waals surface area (Å²) >= 11 is 7.17. The van der Waals surface area contributed by atoms with Crippen molar-refractivity contribution >= 4 is 29.1 Å². The number of halogens is 1. The van der Waals surface area contributed by atoms with Gasteiger partial charge in [0.1, 0.15) is 0 Å². The number of benzene rings is 1. The number of Topliss-reactive ketones (excluding diaryl/α,β-unsaturated/α-hetero) is 1. The lowest BCUT2D eigenvalue weighted by molar-refractivity contribution is -0.115. The number of allylic oxidation sites excluding steroid dienone is 1. The number of carbonyl (C=O) groups is 1. The Morgan fingerprint density at radius 2 is 2.00 bits per heavy atom. The molecule has 78 valence electrons. The van der Waals surface area contributed by atoms with Crippen molar-refractivity contribution < 1.29 is 9.90 Å². The normalized spacial score (nSPS) is 21.2. The van der Waals surface area contributed by atoms with Crippen LogP contribution in [0, 0.1) is 0 Å². The van der Waals surface area contributed by atoms with Gasteiger partial charge in [0.15, 0.2) is 5.78 Å². The van der Waals surface area contributed by atoms with Crippen LogP contribution in [0.2, 0.25) is 0 Å². The fourth-order valence-electron chi connectivity index (χ4n) is 1.35. The van der Waals surface area contributed by atoms with Crippen LogP contribution in [0.3, 0.4) is 0 Å². The summed E-state index contributed by atoms with van der Waals surface area (Å²) in [7, 11) is 0. The average molecular weight is 241 g/mol. The van der Waals surface area contributed by atoms with E-state index in [0.29, 0.717) is 4.91 Å². The Morgan fingerprint density at radius 3 is 2.53 bits per heavy atom. The molecule has 0 fully saturated rings. The van der Waals surface area contributed by atoms with Crippen LogP contribution in [-0.4, -0.2) is 17.0 Å². The molecule has 1 atom stereocenters. The number of rotatable bonds is 2. The molecule has 0 radical (unpaired) electrons. The molecule has 0 saturated heterocycles. The van der Waals surface area contributed by atoms with Crippen molar-refractivity contribution in [2.75, 3.05) is 0 Å². The largest absolute Gasteiger partial charge is 0.387 e. The van der Waals surface area contributed by atoms with Gasteiger partial charge in [0.05, 0.1) is 16.0 Å². The van der Waals surface area contributed by atoms with Gasteiger partial charge >= 0.3 is 0 Å². The Balaban J connectivity index is 2.23. The summed E-state index contributed by atoms with van der Waals surface area (Å²) in [5.74, 6) is -0.0821. The van der Waals surface area contributed by atoms with E-state index >= 15 is 0 Å². The SMILES string of the molecule is O=C1CC(O)C(Cl)=C1Sc1ccccc1. The monoisotopic (exact) mass is 240 g/mol. The van der Waals surface area contributed by atoms with Gasteiger partial charge in [-0.05, 0) is 12.1 Å². The molecule has 0 heterocycles. The number of carbonyl (C=O) groups excluding carboxylic acids is 1. The molecule has 2 nitrogen and oxygen atoms in total. The molecule has 1 aliphatic rings. The van der Waals surface area contributed by atoms with Crippen LogP contribution in [0.25, 0.3) is 0 Å². The summed E-state index contributed by atoms with van der Waals surface area (Å²) in [4.78, 5) is 12.9. The minimum atomic E-state index is -0.814. The molecule has 0 spiro atoms. The first-order valence-corrected chi connectivity index (χ1v) is 5.72. The molecule has 1 unspecified atom stereocenters. The maximum Gasteiger partial charge on any atom is 0.173 e. The van der Waals surface area contributed by atoms with Gasteiger partial charge in [-0.1, -0.05) is 41.6 Å². The first kappa shape index (κ1) is 10.7. The number of hydrogen-bond donors (Lipinski definition) is 1. The van der Waals surface area contributed by atoms with Crippen LogP contribution in [0.4, 0.5) is 0 Å². The van der Waals surface area contributed by atoms with Crippen molar-refractivity contribution in [2.45, 2.75) is 17.4 Å². The summed E-state index contributed by atoms with van der Waals surface area (Å²) in [6.45, 7) is 0. The van der Waals surface area contributed by atoms with Gasteiger partial charge in [-0.3, -0.25) is 4.79 Å². The molecule has 2 rings (SSSR count). The van der Waals surface area contributed by atoms with Crippen molar-refractivity contribution in [3.63, 3.8) is 0 Å². The van der Waals surface area contributed by atoms with Crippen LogP contribution < -0.4 is 0 Å². The summed E-state index contributed by atoms with van der Waals surface area (Å²) in [5.41, 5.74) is 0. The van der Waals surface area contributed by atoms with E-state index in [2.05, 4.69) is 0 Å². The second-order valence-corrected chi connectivity index (χ2v) is 4.73. The fourth-order valence-corrected chi connectivity index (χ4v) is 2.61. The fraction of sp³-hybridized carbons (Fsp3) is 0.182. The Hall–Kier alpha value is -0.770. The van der Waals surface area contributed by atoms with E-state index in [1.165, 1.54) is 11.8 Å². The molecular formula is C11H9ClO2S. The summed E-state index contributed by atoms with van der Waals surface area (Å²) in [6.07, 6.45) is -0.709. The number of ketones is 1. The van der Waals surface area contributed by atoms with Crippen LogP contribution in [0.5, 0.6) is 0 Å². The van der Waals surface area contributed by atoms with Crippen molar-refractivity contribution in [2.24, 2.45) is 0 Å². The zero-order chi connectivity index (χ0) is 10.8. The molecule has 1 N–H and O–H groups in total. The Bertz CT molecular complexity index is 414. The Labute approximate surface area is 96.9 Å². The zero-order valence-electron chi connectivity index (χ0n) is 7.81. The first-order valence-electron chi connectivity index (χ1n) is 4.52. The molecule has 0 saturated carbocycles. The van der Waals surface area contributed by atoms with E-state index in [1.54, 1.807) is 0 Å². The molecule has 0 bridgehead atoms. The van der Waals surface area contributed by atoms with E-state index in [-0.39, 0.29) is 17.2 Å². The van der Waals surface area contributed by atoms with Crippen LogP contribution in [-0.2, 0) is 4.79 Å². The van der Waals surface area contributed by atoms with Gasteiger partial charge in [-0.2, -0.15) is 0 Å². The maximum absolute atomic E-state index is 11.5. The lowest BCUT2D eigenvalue weighted by Gasteiger charge is -2.01. The third-order valence-electron chi connectivity index (χ3n) is 2.10. The summed E-state index contributed by atoms with van der Waals surface area (Å²) < 4.78 is 0. The predicted octanol–water partition coefficient (Wildman–Crippen LogP) is 2.56. The zero-order valence-corrected chi connectivity index (χ0v) is 9.39. The van der Waals surface area contributed by atoms with Gasteiger partial charge in [0.2, 0.25) is 0 Å². The lowest BCUT2D eigenvalue weighted by Crippen LogP contribution is -2.02. The van der Waals surface area contributed by atoms with Crippen LogP contribution in [0.15, 0.2) is 45.2 Å². The molecule has 4 heteroatoms. The summed E-state index contributed by atoms with van der Waals surface area (Å²) in [5, 5.41) is 9.66. The molecule has 0 amide bonds. The molecular weight excluding hydrogens is 232 g/mol. The maximum atomic E-state index is 11.5. The standard InChI is InChI=1S/C11H9ClO2S/c12-10-8(13)6-9(14)11(10)15-7-4-2-1-3-5-7/h1-5,8,13H,6H2. The van der Waals surface area contributed by atoms with E-state index in [1.807, 2.05) is 30.3 Å². The number of hydrogen-bond acceptors (Lipinski definition) is 3. The highest BCUT2D eigenvalue weighted by atomic mass is 35.5. The van der Waals surface area contributed by atoms with Crippen LogP contribution >= 0.6 is 23.4 Å². The van der Waals surface area contributed by atoms with Crippen molar-refractivity contribution in [1.29, 1.82) is 0 Å². The second-order valence-electron chi connectivity index (χ2n) is 3.24. The van der Waals surface area contributed by atoms with Crippen molar-refractivity contribution in [3.05, 3.63) is 40.3 Å². The van der Waals surface area contributed by atoms with E-state index in [9.17, 15) is 9.90 Å². The van der Waals surface area contributed by atoms with Crippen molar-refractivity contribution in [3.8, 4) is 0 Å². The highest BCUT2D eigenvalue weighted by Crippen LogP contribution is 2.38. The first-order chi connectivity index (χ1) is 7.18. The van der Waals surface area contributed by atoms with E-state index in [4.69, 9.17) is 11.6 Å². The van der Waals surface area contributed by atoms with Gasteiger partial charge in [-0.25, -0.2) is 0 Å². The molecule has 1 aromatic rings. The van der Waals surface area contributed by atoms with Crippen molar-refractivity contribution in [1.82, 2.24) is 0 Å². The molecule has 15 heavy (non-hydrogen) atoms. The van der Waals surface area contributed by atoms with Gasteiger partial charge in [0.25, 0.3) is 0 Å². The van der Waals surface area contributed by atoms with Crippen LogP contribution in [0.1, 0.15) is 6.42 Å². The summed E-state index contributed by atoms with van der Waals surface area (Å²) in [6, 6.07) is 9.50. The predicted molar refractivity (Wildman–Crippen MR) is 60.8 cm³/mol. The molecule has 1 aromatic carbocycles. The van der Waals surface area contributed by atoms with E-state index in [0.717, 1.165) is 4.90 Å².